The number of benzene rings is 1. The van der Waals surface area contributed by atoms with Crippen LogP contribution in [0.15, 0.2) is 18.2 Å². The summed E-state index contributed by atoms with van der Waals surface area (Å²) in [7, 11) is 1.44. The van der Waals surface area contributed by atoms with Gasteiger partial charge in [0, 0.05) is 37.9 Å². The lowest BCUT2D eigenvalue weighted by atomic mass is 9.89. The zero-order chi connectivity index (χ0) is 23.0. The predicted molar refractivity (Wildman–Crippen MR) is 128 cm³/mol. The second-order valence-corrected chi connectivity index (χ2v) is 8.63. The van der Waals surface area contributed by atoms with Crippen molar-refractivity contribution in [1.82, 2.24) is 25.0 Å². The summed E-state index contributed by atoms with van der Waals surface area (Å²) in [5.41, 5.74) is 0.542. The van der Waals surface area contributed by atoms with Crippen molar-refractivity contribution in [3.63, 3.8) is 0 Å². The van der Waals surface area contributed by atoms with E-state index in [0.29, 0.717) is 36.1 Å². The van der Waals surface area contributed by atoms with Gasteiger partial charge in [-0.05, 0) is 37.3 Å². The van der Waals surface area contributed by atoms with Crippen LogP contribution in [0, 0.1) is 11.7 Å². The lowest BCUT2D eigenvalue weighted by molar-refractivity contribution is 0.0408. The normalized spacial score (nSPS) is 17.8. The highest BCUT2D eigenvalue weighted by Crippen LogP contribution is 2.25. The molecule has 1 saturated heterocycles. The summed E-state index contributed by atoms with van der Waals surface area (Å²) in [6.07, 6.45) is 7.53. The number of halogens is 1. The first-order valence-corrected chi connectivity index (χ1v) is 12.0. The number of nitrogens with one attached hydrogen (secondary N) is 3. The van der Waals surface area contributed by atoms with Crippen molar-refractivity contribution < 1.29 is 9.13 Å². The van der Waals surface area contributed by atoms with Gasteiger partial charge < -0.3 is 20.7 Å². The Balaban J connectivity index is 1.48. The molecule has 10 heteroatoms. The number of rotatable bonds is 10. The minimum atomic E-state index is -0.445. The van der Waals surface area contributed by atoms with Gasteiger partial charge >= 0.3 is 0 Å². The van der Waals surface area contributed by atoms with Gasteiger partial charge in [0.15, 0.2) is 11.6 Å². The fourth-order valence-electron chi connectivity index (χ4n) is 4.51. The summed E-state index contributed by atoms with van der Waals surface area (Å²) in [6.45, 7) is 6.67. The zero-order valence-electron chi connectivity index (χ0n) is 19.6. The van der Waals surface area contributed by atoms with Crippen LogP contribution in [0.25, 0.3) is 0 Å². The van der Waals surface area contributed by atoms with E-state index >= 15 is 0 Å². The lowest BCUT2D eigenvalue weighted by Gasteiger charge is -2.26. The van der Waals surface area contributed by atoms with Gasteiger partial charge in [-0.25, -0.2) is 14.4 Å². The van der Waals surface area contributed by atoms with Crippen molar-refractivity contribution in [1.29, 1.82) is 0 Å². The maximum Gasteiger partial charge on any atom is 0.233 e. The molecule has 2 aliphatic rings. The van der Waals surface area contributed by atoms with Gasteiger partial charge in [0.2, 0.25) is 17.8 Å². The van der Waals surface area contributed by atoms with Gasteiger partial charge in [0.1, 0.15) is 0 Å². The number of hydrazine groups is 1. The molecule has 1 aliphatic heterocycles. The standard InChI is InChI=1S/C23H35FN8O/c1-3-31-12-7-13-32(31)16-26-22-28-21(25-15-17-8-5-4-6-9-17)29-23(30-22)27-18-10-11-20(33-2)19(24)14-18/h10-11,14,17H,3-9,12-13,15-16H2,1-2H3,(H3,25,26,27,28,29,30). The van der Waals surface area contributed by atoms with E-state index in [2.05, 4.69) is 47.8 Å². The molecule has 1 aliphatic carbocycles. The Labute approximate surface area is 195 Å². The van der Waals surface area contributed by atoms with Gasteiger partial charge in [-0.3, -0.25) is 0 Å². The predicted octanol–water partition coefficient (Wildman–Crippen LogP) is 4.07. The Morgan fingerprint density at radius 3 is 2.42 bits per heavy atom. The van der Waals surface area contributed by atoms with Crippen LogP contribution in [-0.2, 0) is 0 Å². The van der Waals surface area contributed by atoms with Crippen molar-refractivity contribution in [2.24, 2.45) is 5.92 Å². The summed E-state index contributed by atoms with van der Waals surface area (Å²) in [5, 5.41) is 14.4. The fraction of sp³-hybridized carbons (Fsp3) is 0.609. The third-order valence-corrected chi connectivity index (χ3v) is 6.33. The van der Waals surface area contributed by atoms with Crippen LogP contribution in [-0.4, -0.2) is 64.9 Å². The molecule has 9 nitrogen and oxygen atoms in total. The van der Waals surface area contributed by atoms with Crippen molar-refractivity contribution in [2.45, 2.75) is 45.4 Å². The smallest absolute Gasteiger partial charge is 0.233 e. The van der Waals surface area contributed by atoms with Crippen LogP contribution in [0.5, 0.6) is 5.75 Å². The molecule has 180 valence electrons. The Morgan fingerprint density at radius 1 is 0.970 bits per heavy atom. The Morgan fingerprint density at radius 2 is 1.70 bits per heavy atom. The Bertz CT molecular complexity index is 908. The molecule has 1 saturated carbocycles. The molecule has 33 heavy (non-hydrogen) atoms. The molecule has 2 heterocycles. The first-order valence-electron chi connectivity index (χ1n) is 12.0. The van der Waals surface area contributed by atoms with Crippen LogP contribution < -0.4 is 20.7 Å². The van der Waals surface area contributed by atoms with Gasteiger partial charge in [-0.15, -0.1) is 0 Å². The number of hydrogen-bond acceptors (Lipinski definition) is 9. The maximum atomic E-state index is 14.1. The van der Waals surface area contributed by atoms with E-state index in [4.69, 9.17) is 4.74 Å². The summed E-state index contributed by atoms with van der Waals surface area (Å²) in [5.74, 6) is 1.75. The average molecular weight is 459 g/mol. The summed E-state index contributed by atoms with van der Waals surface area (Å²) < 4.78 is 19.2. The molecule has 0 bridgehead atoms. The van der Waals surface area contributed by atoms with Crippen molar-refractivity contribution in [2.75, 3.05) is 55.9 Å². The maximum absolute atomic E-state index is 14.1. The number of anilines is 4. The number of ether oxygens (including phenoxy) is 1. The molecule has 2 aromatic rings. The largest absolute Gasteiger partial charge is 0.494 e. The van der Waals surface area contributed by atoms with E-state index in [1.54, 1.807) is 12.1 Å². The first-order chi connectivity index (χ1) is 16.1. The molecule has 2 fully saturated rings. The highest BCUT2D eigenvalue weighted by molar-refractivity contribution is 5.57. The SMILES string of the molecule is CCN1CCCN1CNc1nc(NCC2CCCCC2)nc(Nc2ccc(OC)c(F)c2)n1. The second kappa shape index (κ2) is 11.4. The average Bonchev–Trinajstić information content (AvgIpc) is 3.30. The van der Waals surface area contributed by atoms with Crippen LogP contribution in [0.4, 0.5) is 27.9 Å². The minimum Gasteiger partial charge on any atom is -0.494 e. The summed E-state index contributed by atoms with van der Waals surface area (Å²) in [4.78, 5) is 13.7. The zero-order valence-corrected chi connectivity index (χ0v) is 19.6. The van der Waals surface area contributed by atoms with Crippen LogP contribution in [0.2, 0.25) is 0 Å². The molecule has 3 N–H and O–H groups in total. The van der Waals surface area contributed by atoms with E-state index in [-0.39, 0.29) is 5.75 Å². The number of aromatic nitrogens is 3. The lowest BCUT2D eigenvalue weighted by Crippen LogP contribution is -2.39. The monoisotopic (exact) mass is 458 g/mol. The second-order valence-electron chi connectivity index (χ2n) is 8.63. The van der Waals surface area contributed by atoms with Crippen LogP contribution in [0.1, 0.15) is 45.4 Å². The van der Waals surface area contributed by atoms with E-state index < -0.39 is 5.82 Å². The van der Waals surface area contributed by atoms with E-state index in [1.165, 1.54) is 45.3 Å². The quantitative estimate of drug-likeness (QED) is 0.487. The molecule has 0 atom stereocenters. The van der Waals surface area contributed by atoms with Crippen LogP contribution in [0.3, 0.4) is 0 Å². The number of methoxy groups -OCH3 is 1. The van der Waals surface area contributed by atoms with Crippen molar-refractivity contribution >= 4 is 23.5 Å². The topological polar surface area (TPSA) is 90.5 Å². The number of hydrogen-bond donors (Lipinski definition) is 3. The Hall–Kier alpha value is -2.72. The summed E-state index contributed by atoms with van der Waals surface area (Å²) >= 11 is 0. The molecule has 4 rings (SSSR count). The molecule has 1 aromatic heterocycles. The van der Waals surface area contributed by atoms with Gasteiger partial charge in [0.25, 0.3) is 0 Å². The summed E-state index contributed by atoms with van der Waals surface area (Å²) in [6, 6.07) is 4.68. The molecule has 1 aromatic carbocycles. The first kappa shape index (κ1) is 23.4. The third kappa shape index (κ3) is 6.42. The third-order valence-electron chi connectivity index (χ3n) is 6.33. The van der Waals surface area contributed by atoms with Gasteiger partial charge in [-0.1, -0.05) is 26.2 Å². The van der Waals surface area contributed by atoms with Gasteiger partial charge in [0.05, 0.1) is 13.8 Å². The molecule has 0 unspecified atom stereocenters. The van der Waals surface area contributed by atoms with Gasteiger partial charge in [-0.2, -0.15) is 15.0 Å². The molecule has 0 radical (unpaired) electrons. The molecular weight excluding hydrogens is 423 g/mol. The minimum absolute atomic E-state index is 0.194. The highest BCUT2D eigenvalue weighted by atomic mass is 19.1. The molecular formula is C23H35FN8O. The van der Waals surface area contributed by atoms with E-state index in [1.807, 2.05) is 0 Å². The van der Waals surface area contributed by atoms with E-state index in [9.17, 15) is 4.39 Å². The molecule has 0 amide bonds. The molecule has 0 spiro atoms. The van der Waals surface area contributed by atoms with Crippen LogP contribution >= 0.6 is 0 Å². The van der Waals surface area contributed by atoms with E-state index in [0.717, 1.165) is 32.6 Å². The van der Waals surface area contributed by atoms with Crippen molar-refractivity contribution in [3.8, 4) is 5.75 Å². The van der Waals surface area contributed by atoms with Crippen molar-refractivity contribution in [3.05, 3.63) is 24.0 Å². The number of nitrogens with zero attached hydrogens (tertiary/aromatic N) is 5. The fourth-order valence-corrected chi connectivity index (χ4v) is 4.51. The Kier molecular flexibility index (Phi) is 8.11. The highest BCUT2D eigenvalue weighted by Gasteiger charge is 2.20.